The molecule has 0 aliphatic heterocycles. The van der Waals surface area contributed by atoms with Gasteiger partial charge in [0.05, 0.1) is 12.2 Å². The molecule has 2 aromatic heterocycles. The Morgan fingerprint density at radius 1 is 1.33 bits per heavy atom. The number of rotatable bonds is 6. The number of aromatic amines is 1. The van der Waals surface area contributed by atoms with Crippen molar-refractivity contribution in [2.75, 3.05) is 7.05 Å². The van der Waals surface area contributed by atoms with Crippen molar-refractivity contribution in [3.8, 4) is 0 Å². The third kappa shape index (κ3) is 4.28. The highest BCUT2D eigenvalue weighted by molar-refractivity contribution is 5.08. The highest BCUT2D eigenvalue weighted by Gasteiger charge is 2.37. The molecule has 0 amide bonds. The van der Waals surface area contributed by atoms with Crippen molar-refractivity contribution in [1.29, 1.82) is 0 Å². The van der Waals surface area contributed by atoms with Crippen molar-refractivity contribution in [1.82, 2.24) is 25.2 Å². The summed E-state index contributed by atoms with van der Waals surface area (Å²) < 4.78 is 41.6. The summed E-state index contributed by atoms with van der Waals surface area (Å²) >= 11 is 0. The molecular weight excluding hydrogens is 287 g/mol. The van der Waals surface area contributed by atoms with E-state index in [0.717, 1.165) is 24.2 Å². The van der Waals surface area contributed by atoms with Crippen molar-refractivity contribution in [2.45, 2.75) is 39.0 Å². The number of aromatic nitrogens is 4. The molecule has 0 fully saturated rings. The molecule has 0 radical (unpaired) electrons. The van der Waals surface area contributed by atoms with Crippen LogP contribution in [0.25, 0.3) is 0 Å². The first-order valence-corrected chi connectivity index (χ1v) is 6.50. The van der Waals surface area contributed by atoms with Crippen LogP contribution in [-0.4, -0.2) is 32.3 Å². The van der Waals surface area contributed by atoms with E-state index in [4.69, 9.17) is 0 Å². The second-order valence-electron chi connectivity index (χ2n) is 4.82. The smallest absolute Gasteiger partial charge is 0.338 e. The molecule has 2 rings (SSSR count). The van der Waals surface area contributed by atoms with Crippen LogP contribution in [0, 0.1) is 0 Å². The van der Waals surface area contributed by atoms with E-state index in [1.807, 2.05) is 6.07 Å². The Bertz CT molecular complexity index is 577. The molecular formula is C12H16F3N5O. The average molecular weight is 303 g/mol. The molecule has 0 bridgehead atoms. The minimum absolute atomic E-state index is 0.0712. The van der Waals surface area contributed by atoms with Gasteiger partial charge in [-0.2, -0.15) is 23.3 Å². The maximum Gasteiger partial charge on any atom is 0.455 e. The number of hydrogen-bond donors (Lipinski definition) is 1. The van der Waals surface area contributed by atoms with Crippen molar-refractivity contribution >= 4 is 0 Å². The molecule has 2 heterocycles. The Balaban J connectivity index is 1.91. The first-order chi connectivity index (χ1) is 9.88. The lowest BCUT2D eigenvalue weighted by Gasteiger charge is -2.12. The number of aryl methyl sites for hydroxylation is 1. The van der Waals surface area contributed by atoms with Gasteiger partial charge in [-0.3, -0.25) is 10.00 Å². The standard InChI is InChI=1S/C12H16F3N5O/c1-3-4-8-5-9(18-17-8)6-20(2)7-10-16-11(19-21-10)12(13,14)15/h5H,3-4,6-7H2,1-2H3,(H,17,18). The van der Waals surface area contributed by atoms with E-state index in [2.05, 4.69) is 31.8 Å². The fraction of sp³-hybridized carbons (Fsp3) is 0.583. The molecule has 0 unspecified atom stereocenters. The number of nitrogens with zero attached hydrogens (tertiary/aromatic N) is 4. The van der Waals surface area contributed by atoms with E-state index in [-0.39, 0.29) is 12.4 Å². The number of alkyl halides is 3. The average Bonchev–Trinajstić information content (AvgIpc) is 2.98. The van der Waals surface area contributed by atoms with E-state index in [1.165, 1.54) is 0 Å². The van der Waals surface area contributed by atoms with Gasteiger partial charge in [-0.25, -0.2) is 0 Å². The van der Waals surface area contributed by atoms with Crippen LogP contribution >= 0.6 is 0 Å². The van der Waals surface area contributed by atoms with Crippen LogP contribution in [0.1, 0.15) is 36.4 Å². The fourth-order valence-corrected chi connectivity index (χ4v) is 1.89. The molecule has 0 aliphatic rings. The maximum absolute atomic E-state index is 12.3. The van der Waals surface area contributed by atoms with Gasteiger partial charge in [-0.15, -0.1) is 0 Å². The van der Waals surface area contributed by atoms with E-state index >= 15 is 0 Å². The van der Waals surface area contributed by atoms with E-state index in [9.17, 15) is 13.2 Å². The third-order valence-corrected chi connectivity index (χ3v) is 2.76. The van der Waals surface area contributed by atoms with Gasteiger partial charge in [-0.05, 0) is 19.5 Å². The SMILES string of the molecule is CCCc1cc(CN(C)Cc2nc(C(F)(F)F)no2)[nH]n1. The van der Waals surface area contributed by atoms with Gasteiger partial charge in [0, 0.05) is 12.2 Å². The zero-order valence-corrected chi connectivity index (χ0v) is 11.7. The number of halogens is 3. The molecule has 116 valence electrons. The normalized spacial score (nSPS) is 12.3. The minimum atomic E-state index is -4.58. The van der Waals surface area contributed by atoms with Gasteiger partial charge in [0.2, 0.25) is 5.89 Å². The summed E-state index contributed by atoms with van der Waals surface area (Å²) in [6.45, 7) is 2.69. The Hall–Kier alpha value is -1.90. The van der Waals surface area contributed by atoms with Gasteiger partial charge in [-0.1, -0.05) is 18.5 Å². The molecule has 0 spiro atoms. The fourth-order valence-electron chi connectivity index (χ4n) is 1.89. The largest absolute Gasteiger partial charge is 0.455 e. The summed E-state index contributed by atoms with van der Waals surface area (Å²) in [5.74, 6) is -1.32. The molecule has 0 aliphatic carbocycles. The molecule has 1 N–H and O–H groups in total. The predicted octanol–water partition coefficient (Wildman–Crippen LogP) is 2.40. The molecule has 0 atom stereocenters. The van der Waals surface area contributed by atoms with Gasteiger partial charge in [0.1, 0.15) is 0 Å². The zero-order chi connectivity index (χ0) is 15.5. The highest BCUT2D eigenvalue weighted by Crippen LogP contribution is 2.26. The molecule has 0 saturated carbocycles. The van der Waals surface area contributed by atoms with Crippen LogP contribution in [-0.2, 0) is 25.7 Å². The lowest BCUT2D eigenvalue weighted by molar-refractivity contribution is -0.146. The molecule has 9 heteroatoms. The third-order valence-electron chi connectivity index (χ3n) is 2.76. The minimum Gasteiger partial charge on any atom is -0.338 e. The number of hydrogen-bond acceptors (Lipinski definition) is 5. The van der Waals surface area contributed by atoms with Crippen LogP contribution in [0.5, 0.6) is 0 Å². The molecule has 2 aromatic rings. The van der Waals surface area contributed by atoms with Crippen LogP contribution < -0.4 is 0 Å². The predicted molar refractivity (Wildman–Crippen MR) is 67.1 cm³/mol. The number of nitrogens with one attached hydrogen (secondary N) is 1. The van der Waals surface area contributed by atoms with Crippen molar-refractivity contribution in [2.24, 2.45) is 0 Å². The Labute approximate surface area is 119 Å². The molecule has 0 saturated heterocycles. The molecule has 21 heavy (non-hydrogen) atoms. The van der Waals surface area contributed by atoms with Gasteiger partial charge < -0.3 is 4.52 Å². The van der Waals surface area contributed by atoms with E-state index < -0.39 is 12.0 Å². The van der Waals surface area contributed by atoms with Crippen LogP contribution in [0.4, 0.5) is 13.2 Å². The summed E-state index contributed by atoms with van der Waals surface area (Å²) in [4.78, 5) is 5.09. The summed E-state index contributed by atoms with van der Waals surface area (Å²) in [6, 6.07) is 1.94. The summed E-state index contributed by atoms with van der Waals surface area (Å²) in [5.41, 5.74) is 1.86. The van der Waals surface area contributed by atoms with Gasteiger partial charge in [0.25, 0.3) is 5.82 Å². The number of H-pyrrole nitrogens is 1. The van der Waals surface area contributed by atoms with Crippen molar-refractivity contribution < 1.29 is 17.7 Å². The first-order valence-electron chi connectivity index (χ1n) is 6.50. The van der Waals surface area contributed by atoms with Crippen molar-refractivity contribution in [3.63, 3.8) is 0 Å². The second kappa shape index (κ2) is 6.25. The van der Waals surface area contributed by atoms with E-state index in [1.54, 1.807) is 11.9 Å². The van der Waals surface area contributed by atoms with Crippen LogP contribution in [0.2, 0.25) is 0 Å². The quantitative estimate of drug-likeness (QED) is 0.887. The summed E-state index contributed by atoms with van der Waals surface area (Å²) in [7, 11) is 1.75. The summed E-state index contributed by atoms with van der Waals surface area (Å²) in [6.07, 6.45) is -2.69. The lowest BCUT2D eigenvalue weighted by Crippen LogP contribution is -2.18. The van der Waals surface area contributed by atoms with E-state index in [0.29, 0.717) is 6.54 Å². The monoisotopic (exact) mass is 303 g/mol. The Morgan fingerprint density at radius 3 is 2.71 bits per heavy atom. The zero-order valence-electron chi connectivity index (χ0n) is 11.7. The molecule has 0 aromatic carbocycles. The second-order valence-corrected chi connectivity index (χ2v) is 4.82. The highest BCUT2D eigenvalue weighted by atomic mass is 19.4. The van der Waals surface area contributed by atoms with Crippen LogP contribution in [0.3, 0.4) is 0 Å². The van der Waals surface area contributed by atoms with Gasteiger partial charge >= 0.3 is 6.18 Å². The first kappa shape index (κ1) is 15.5. The Kier molecular flexibility index (Phi) is 4.61. The molecule has 6 nitrogen and oxygen atoms in total. The lowest BCUT2D eigenvalue weighted by atomic mass is 10.2. The topological polar surface area (TPSA) is 70.8 Å². The van der Waals surface area contributed by atoms with Gasteiger partial charge in [0.15, 0.2) is 0 Å². The maximum atomic E-state index is 12.3. The van der Waals surface area contributed by atoms with Crippen molar-refractivity contribution in [3.05, 3.63) is 29.2 Å². The van der Waals surface area contributed by atoms with Crippen LogP contribution in [0.15, 0.2) is 10.6 Å². The Morgan fingerprint density at radius 2 is 2.10 bits per heavy atom. The summed E-state index contributed by atoms with van der Waals surface area (Å²) in [5, 5.41) is 9.97.